The van der Waals surface area contributed by atoms with E-state index in [9.17, 15) is 24.0 Å². The third-order valence-electron chi connectivity index (χ3n) is 12.5. The minimum Gasteiger partial charge on any atom is -0.543 e. The lowest BCUT2D eigenvalue weighted by Crippen LogP contribution is -2.47. The molecule has 0 bridgehead atoms. The average Bonchev–Trinajstić information content (AvgIpc) is 3.61. The van der Waals surface area contributed by atoms with Gasteiger partial charge in [0.05, 0.1) is 29.0 Å². The molecule has 0 saturated carbocycles. The van der Waals surface area contributed by atoms with Gasteiger partial charge >= 0.3 is 12.1 Å². The van der Waals surface area contributed by atoms with Crippen LogP contribution in [0, 0.1) is 5.92 Å². The van der Waals surface area contributed by atoms with E-state index in [4.69, 9.17) is 34.2 Å². The number of hydrogen-bond acceptors (Lipinski definition) is 13. The molecule has 63 heavy (non-hydrogen) atoms. The second kappa shape index (κ2) is 19.5. The highest BCUT2D eigenvalue weighted by molar-refractivity contribution is 6.74. The average molecular weight is 884 g/mol. The van der Waals surface area contributed by atoms with Gasteiger partial charge in [-0.1, -0.05) is 53.2 Å². The van der Waals surface area contributed by atoms with Gasteiger partial charge in [-0.15, -0.1) is 0 Å². The lowest BCUT2D eigenvalue weighted by Gasteiger charge is -2.36. The molecule has 2 atom stereocenters. The number of carbonyl (C=O) groups is 4. The molecule has 2 aromatic heterocycles. The number of fused-ring (bicyclic) bond motifs is 5. The molecule has 2 aromatic carbocycles. The fourth-order valence-corrected chi connectivity index (χ4v) is 8.97. The summed E-state index contributed by atoms with van der Waals surface area (Å²) < 4.78 is 30.5. The van der Waals surface area contributed by atoms with E-state index in [-0.39, 0.29) is 72.6 Å². The van der Waals surface area contributed by atoms with Crippen molar-refractivity contribution in [3.63, 3.8) is 0 Å². The van der Waals surface area contributed by atoms with E-state index < -0.39 is 32.0 Å². The van der Waals surface area contributed by atoms with Gasteiger partial charge in [-0.25, -0.2) is 14.6 Å². The SMILES string of the molecule is CCOCC(=O)CC(CCCCNN)C(=O)Nc1ccc(COC(=O)OC2(CC)C(=O)OCc3c2cc2n(c3=O)Cc3c-2nc2ccc(O[Si](C)(C)C(C)(C)C)cc2c3CC)cc1. The Labute approximate surface area is 369 Å². The number of aromatic nitrogens is 2. The predicted octanol–water partition coefficient (Wildman–Crippen LogP) is 7.57. The van der Waals surface area contributed by atoms with Crippen LogP contribution in [-0.4, -0.2) is 61.4 Å². The third kappa shape index (κ3) is 10.0. The quantitative estimate of drug-likeness (QED) is 0.0241. The number of unbranched alkanes of at least 4 members (excludes halogenated alkanes) is 1. The molecule has 16 heteroatoms. The molecule has 0 aliphatic carbocycles. The topological polar surface area (TPSA) is 199 Å². The van der Waals surface area contributed by atoms with Crippen LogP contribution in [0.1, 0.15) is 101 Å². The molecule has 4 heterocycles. The first kappa shape index (κ1) is 47.1. The number of anilines is 1. The molecular formula is C47H61N5O10Si. The molecule has 0 spiro atoms. The van der Waals surface area contributed by atoms with Crippen LogP contribution in [0.5, 0.6) is 5.75 Å². The number of carbonyl (C=O) groups excluding carboxylic acids is 4. The fourth-order valence-electron chi connectivity index (χ4n) is 7.95. The van der Waals surface area contributed by atoms with Gasteiger partial charge in [-0.3, -0.25) is 25.7 Å². The van der Waals surface area contributed by atoms with Crippen molar-refractivity contribution >= 4 is 48.7 Å². The molecule has 15 nitrogen and oxygen atoms in total. The zero-order chi connectivity index (χ0) is 45.7. The van der Waals surface area contributed by atoms with Crippen LogP contribution in [0.2, 0.25) is 18.1 Å². The summed E-state index contributed by atoms with van der Waals surface area (Å²) in [5.41, 5.74) is 5.73. The monoisotopic (exact) mass is 883 g/mol. The van der Waals surface area contributed by atoms with E-state index in [0.717, 1.165) is 34.2 Å². The fraction of sp³-hybridized carbons (Fsp3) is 0.489. The first-order chi connectivity index (χ1) is 30.0. The molecule has 0 radical (unpaired) electrons. The molecular weight excluding hydrogens is 823 g/mol. The number of benzene rings is 2. The maximum absolute atomic E-state index is 14.3. The number of amides is 1. The number of nitrogens with one attached hydrogen (secondary N) is 2. The zero-order valence-corrected chi connectivity index (χ0v) is 38.7. The summed E-state index contributed by atoms with van der Waals surface area (Å²) in [5, 5.41) is 3.86. The number of nitrogens with two attached hydrogens (primary N) is 1. The molecule has 2 aliphatic heterocycles. The summed E-state index contributed by atoms with van der Waals surface area (Å²) in [7, 11) is -2.11. The second-order valence-corrected chi connectivity index (χ2v) is 22.5. The summed E-state index contributed by atoms with van der Waals surface area (Å²) in [6.45, 7) is 17.3. The van der Waals surface area contributed by atoms with Crippen molar-refractivity contribution in [3.05, 3.63) is 86.7 Å². The van der Waals surface area contributed by atoms with Crippen molar-refractivity contribution in [1.29, 1.82) is 0 Å². The minimum absolute atomic E-state index is 0.0184. The second-order valence-electron chi connectivity index (χ2n) is 17.7. The predicted molar refractivity (Wildman–Crippen MR) is 241 cm³/mol. The number of ketones is 1. The molecule has 0 fully saturated rings. The summed E-state index contributed by atoms with van der Waals surface area (Å²) in [5.74, 6) is 4.38. The highest BCUT2D eigenvalue weighted by atomic mass is 28.4. The summed E-state index contributed by atoms with van der Waals surface area (Å²) in [6.07, 6.45) is 1.55. The normalized spacial score (nSPS) is 16.1. The Balaban J connectivity index is 1.19. The van der Waals surface area contributed by atoms with Crippen LogP contribution in [0.15, 0.2) is 53.3 Å². The Morgan fingerprint density at radius 2 is 1.76 bits per heavy atom. The molecule has 2 unspecified atom stereocenters. The number of aryl methyl sites for hydroxylation is 1. The third-order valence-corrected chi connectivity index (χ3v) is 16.9. The van der Waals surface area contributed by atoms with Crippen molar-refractivity contribution in [2.75, 3.05) is 25.1 Å². The summed E-state index contributed by atoms with van der Waals surface area (Å²) >= 11 is 0. The van der Waals surface area contributed by atoms with Crippen molar-refractivity contribution in [2.45, 2.75) is 124 Å². The van der Waals surface area contributed by atoms with Crippen LogP contribution in [0.4, 0.5) is 10.5 Å². The van der Waals surface area contributed by atoms with E-state index in [2.05, 4.69) is 57.6 Å². The van der Waals surface area contributed by atoms with Gasteiger partial charge < -0.3 is 33.3 Å². The van der Waals surface area contributed by atoms with E-state index in [1.165, 1.54) is 0 Å². The largest absolute Gasteiger partial charge is 0.543 e. The number of nitrogens with zero attached hydrogens (tertiary/aromatic N) is 2. The van der Waals surface area contributed by atoms with Crippen LogP contribution in [-0.2, 0) is 65.1 Å². The van der Waals surface area contributed by atoms with Gasteiger partial charge in [0.15, 0.2) is 5.78 Å². The van der Waals surface area contributed by atoms with Crippen LogP contribution in [0.25, 0.3) is 22.3 Å². The van der Waals surface area contributed by atoms with Gasteiger partial charge in [-0.05, 0) is 98.3 Å². The molecule has 1 amide bonds. The number of hydrazine groups is 1. The van der Waals surface area contributed by atoms with Gasteiger partial charge in [0.2, 0.25) is 19.8 Å². The Bertz CT molecular complexity index is 2430. The van der Waals surface area contributed by atoms with Crippen LogP contribution in [0.3, 0.4) is 0 Å². The number of ether oxygens (including phenoxy) is 4. The van der Waals surface area contributed by atoms with E-state index >= 15 is 0 Å². The lowest BCUT2D eigenvalue weighted by atomic mass is 9.85. The van der Waals surface area contributed by atoms with Crippen LogP contribution >= 0.6 is 0 Å². The van der Waals surface area contributed by atoms with Crippen molar-refractivity contribution in [2.24, 2.45) is 11.8 Å². The number of cyclic esters (lactones) is 1. The zero-order valence-electron chi connectivity index (χ0n) is 37.7. The Morgan fingerprint density at radius 3 is 2.43 bits per heavy atom. The van der Waals surface area contributed by atoms with Crippen molar-refractivity contribution < 1.29 is 42.6 Å². The van der Waals surface area contributed by atoms with Gasteiger partial charge in [0.1, 0.15) is 25.6 Å². The summed E-state index contributed by atoms with van der Waals surface area (Å²) in [6, 6.07) is 14.4. The van der Waals surface area contributed by atoms with Crippen molar-refractivity contribution in [1.82, 2.24) is 15.0 Å². The highest BCUT2D eigenvalue weighted by Crippen LogP contribution is 2.43. The van der Waals surface area contributed by atoms with E-state index in [0.29, 0.717) is 55.1 Å². The summed E-state index contributed by atoms with van der Waals surface area (Å²) in [4.78, 5) is 72.1. The molecule has 2 aliphatic rings. The van der Waals surface area contributed by atoms with E-state index in [1.54, 1.807) is 48.7 Å². The Kier molecular flexibility index (Phi) is 14.6. The van der Waals surface area contributed by atoms with Crippen LogP contribution < -0.4 is 26.6 Å². The van der Waals surface area contributed by atoms with Gasteiger partial charge in [0, 0.05) is 47.7 Å². The lowest BCUT2D eigenvalue weighted by molar-refractivity contribution is -0.175. The maximum Gasteiger partial charge on any atom is 0.510 e. The highest BCUT2D eigenvalue weighted by Gasteiger charge is 2.51. The first-order valence-electron chi connectivity index (χ1n) is 21.8. The first-order valence-corrected chi connectivity index (χ1v) is 24.7. The number of pyridine rings is 2. The molecule has 338 valence electrons. The molecule has 4 N–H and O–H groups in total. The number of esters is 1. The molecule has 6 rings (SSSR count). The molecule has 0 saturated heterocycles. The Hall–Kier alpha value is -5.42. The molecule has 4 aromatic rings. The number of Topliss-reactive ketones (excluding diaryl/α,β-unsaturated/α-hetero) is 1. The maximum atomic E-state index is 14.3. The standard InChI is InChI=1S/C47H61N5O10Si/c1-9-34-35-23-33(62-63(7,8)46(4,5)6)19-20-39(35)51-41-36(34)25-52-40(41)24-38-37(43(52)55)28-59-44(56)47(38,10-2)61-45(57)60-26-29-15-17-31(18-16-29)50-42(54)30(14-12-13-21-49-48)22-32(53)27-58-11-3/h15-20,23-24,30,49H,9-14,21-22,25-28,48H2,1-8H3,(H,50,54). The van der Waals surface area contributed by atoms with E-state index in [1.807, 2.05) is 12.1 Å². The number of hydrogen-bond donors (Lipinski definition) is 3. The number of rotatable bonds is 19. The van der Waals surface area contributed by atoms with Crippen molar-refractivity contribution in [3.8, 4) is 17.1 Å². The Morgan fingerprint density at radius 1 is 1.02 bits per heavy atom. The minimum atomic E-state index is -2.11. The smallest absolute Gasteiger partial charge is 0.510 e. The van der Waals surface area contributed by atoms with Gasteiger partial charge in [0.25, 0.3) is 5.56 Å². The van der Waals surface area contributed by atoms with Gasteiger partial charge in [-0.2, -0.15) is 0 Å².